The molecule has 0 saturated heterocycles. The van der Waals surface area contributed by atoms with Gasteiger partial charge in [-0.1, -0.05) is 0 Å². The molecule has 0 fully saturated rings. The molecule has 0 heterocycles. The molecule has 0 N–H and O–H groups in total. The predicted molar refractivity (Wildman–Crippen MR) is 84.4 cm³/mol. The summed E-state index contributed by atoms with van der Waals surface area (Å²) in [6.07, 6.45) is 0. The summed E-state index contributed by atoms with van der Waals surface area (Å²) < 4.78 is 26.6. The summed E-state index contributed by atoms with van der Waals surface area (Å²) in [7, 11) is 1.44. The van der Waals surface area contributed by atoms with Gasteiger partial charge in [-0.15, -0.1) is 0 Å². The van der Waals surface area contributed by atoms with Gasteiger partial charge in [-0.25, -0.2) is 0 Å². The molecule has 132 valence electrons. The third kappa shape index (κ3) is 5.44. The van der Waals surface area contributed by atoms with Crippen LogP contribution in [-0.4, -0.2) is 54.3 Å². The van der Waals surface area contributed by atoms with Gasteiger partial charge < -0.3 is 0 Å². The molecular formula is C15H20O8Pb. The Bertz CT molecular complexity index is 587. The molecule has 24 heavy (non-hydrogen) atoms. The Kier molecular flexibility index (Phi) is 7.61. The van der Waals surface area contributed by atoms with Crippen molar-refractivity contribution in [1.82, 2.24) is 0 Å². The quantitative estimate of drug-likeness (QED) is 0.374. The van der Waals surface area contributed by atoms with Crippen molar-refractivity contribution in [2.75, 3.05) is 13.9 Å². The van der Waals surface area contributed by atoms with Crippen LogP contribution in [0.15, 0.2) is 18.2 Å². The van der Waals surface area contributed by atoms with Gasteiger partial charge in [0, 0.05) is 0 Å². The number of para-hydroxylation sites is 1. The standard InChI is InChI=1S/C9H11O2.3C2H4O2.Pb/c1-8-5-3-4-6-9(8)11-7-10-2;3*1-2(3)4;/h3-5H,7H2,1-2H3;3*1H3,(H,3,4);/q;;;;+3/p-3. The first-order chi connectivity index (χ1) is 11.2. The van der Waals surface area contributed by atoms with Crippen LogP contribution in [0.2, 0.25) is 0 Å². The van der Waals surface area contributed by atoms with Crippen molar-refractivity contribution in [2.24, 2.45) is 0 Å². The van der Waals surface area contributed by atoms with Crippen LogP contribution >= 0.6 is 0 Å². The topological polar surface area (TPSA) is 97.4 Å². The maximum absolute atomic E-state index is 11.6. The summed E-state index contributed by atoms with van der Waals surface area (Å²) in [4.78, 5) is 34.8. The van der Waals surface area contributed by atoms with Crippen LogP contribution in [0.4, 0.5) is 0 Å². The molecule has 0 saturated carbocycles. The van der Waals surface area contributed by atoms with E-state index >= 15 is 0 Å². The normalized spacial score (nSPS) is 10.7. The zero-order valence-electron chi connectivity index (χ0n) is 14.2. The molecule has 0 spiro atoms. The average molecular weight is 536 g/mol. The molecule has 0 aromatic heterocycles. The number of ether oxygens (including phenoxy) is 2. The molecule has 9 heteroatoms. The van der Waals surface area contributed by atoms with Gasteiger partial charge in [0.05, 0.1) is 0 Å². The Morgan fingerprint density at radius 2 is 1.46 bits per heavy atom. The summed E-state index contributed by atoms with van der Waals surface area (Å²) >= 11 is -5.31. The average Bonchev–Trinajstić information content (AvgIpc) is 2.43. The molecule has 1 rings (SSSR count). The Morgan fingerprint density at radius 1 is 0.958 bits per heavy atom. The molecule has 1 aromatic carbocycles. The Balaban J connectivity index is 3.56. The van der Waals surface area contributed by atoms with Crippen molar-refractivity contribution < 1.29 is 31.9 Å². The summed E-state index contributed by atoms with van der Waals surface area (Å²) in [5.41, 5.74) is 0.681. The van der Waals surface area contributed by atoms with E-state index in [2.05, 4.69) is 0 Å². The number of aryl methyl sites for hydroxylation is 1. The molecule has 0 aliphatic rings. The van der Waals surface area contributed by atoms with Crippen LogP contribution in [-0.2, 0) is 27.2 Å². The minimum atomic E-state index is -5.31. The number of methoxy groups -OCH3 is 1. The van der Waals surface area contributed by atoms with Gasteiger partial charge in [0.2, 0.25) is 0 Å². The van der Waals surface area contributed by atoms with Crippen LogP contribution in [0.5, 0.6) is 5.75 Å². The summed E-state index contributed by atoms with van der Waals surface area (Å²) in [5, 5.41) is 0. The summed E-state index contributed by atoms with van der Waals surface area (Å²) in [6.45, 7) is 5.11. The molecule has 0 unspecified atom stereocenters. The van der Waals surface area contributed by atoms with E-state index in [0.29, 0.717) is 11.3 Å². The summed E-state index contributed by atoms with van der Waals surface area (Å²) in [6, 6.07) is 4.96. The van der Waals surface area contributed by atoms with Crippen LogP contribution < -0.4 is 7.86 Å². The minimum absolute atomic E-state index is 0.0814. The third-order valence-corrected chi connectivity index (χ3v) is 13.3. The van der Waals surface area contributed by atoms with Gasteiger partial charge in [-0.3, -0.25) is 0 Å². The molecule has 0 aliphatic carbocycles. The number of carbonyl (C=O) groups excluding carboxylic acids is 3. The fourth-order valence-electron chi connectivity index (χ4n) is 2.00. The second-order valence-electron chi connectivity index (χ2n) is 4.84. The monoisotopic (exact) mass is 536 g/mol. The number of hydrogen-bond acceptors (Lipinski definition) is 8. The van der Waals surface area contributed by atoms with Crippen molar-refractivity contribution in [3.05, 3.63) is 23.8 Å². The van der Waals surface area contributed by atoms with Crippen molar-refractivity contribution in [3.8, 4) is 5.75 Å². The molecule has 0 bridgehead atoms. The molecule has 8 nitrogen and oxygen atoms in total. The van der Waals surface area contributed by atoms with E-state index in [-0.39, 0.29) is 9.92 Å². The van der Waals surface area contributed by atoms with E-state index in [4.69, 9.17) is 17.5 Å². The number of benzene rings is 1. The van der Waals surface area contributed by atoms with Gasteiger partial charge in [0.25, 0.3) is 0 Å². The maximum atomic E-state index is 11.6. The molecule has 0 amide bonds. The van der Waals surface area contributed by atoms with Gasteiger partial charge in [0.1, 0.15) is 0 Å². The zero-order chi connectivity index (χ0) is 18.3. The van der Waals surface area contributed by atoms with Gasteiger partial charge in [-0.05, 0) is 0 Å². The fourth-order valence-corrected chi connectivity index (χ4v) is 11.5. The van der Waals surface area contributed by atoms with E-state index in [1.165, 1.54) is 7.11 Å². The van der Waals surface area contributed by atoms with Crippen LogP contribution in [0.25, 0.3) is 0 Å². The van der Waals surface area contributed by atoms with Crippen LogP contribution in [0.1, 0.15) is 26.3 Å². The zero-order valence-corrected chi connectivity index (χ0v) is 18.1. The molecular weight excluding hydrogens is 515 g/mol. The van der Waals surface area contributed by atoms with Crippen LogP contribution in [0.3, 0.4) is 0 Å². The summed E-state index contributed by atoms with van der Waals surface area (Å²) in [5.74, 6) is -1.88. The first kappa shape index (κ1) is 20.4. The number of hydrogen-bond donors (Lipinski definition) is 0. The predicted octanol–water partition coefficient (Wildman–Crippen LogP) is 0.813. The second-order valence-corrected chi connectivity index (χ2v) is 13.6. The second kappa shape index (κ2) is 8.97. The van der Waals surface area contributed by atoms with E-state index in [0.717, 1.165) is 20.8 Å². The fraction of sp³-hybridized carbons (Fsp3) is 0.400. The third-order valence-electron chi connectivity index (χ3n) is 2.70. The van der Waals surface area contributed by atoms with E-state index in [1.54, 1.807) is 25.1 Å². The molecule has 1 aromatic rings. The molecule has 0 atom stereocenters. The Labute approximate surface area is 146 Å². The van der Waals surface area contributed by atoms with Gasteiger partial charge >= 0.3 is 147 Å². The Hall–Kier alpha value is -1.69. The molecule has 0 aliphatic heterocycles. The first-order valence-corrected chi connectivity index (χ1v) is 13.7. The van der Waals surface area contributed by atoms with E-state index < -0.39 is 40.4 Å². The van der Waals surface area contributed by atoms with Crippen molar-refractivity contribution in [1.29, 1.82) is 0 Å². The number of carbonyl (C=O) groups is 3. The van der Waals surface area contributed by atoms with Crippen molar-refractivity contribution in [3.63, 3.8) is 0 Å². The first-order valence-electron chi connectivity index (χ1n) is 7.02. The van der Waals surface area contributed by atoms with Crippen molar-refractivity contribution >= 4 is 43.6 Å². The van der Waals surface area contributed by atoms with E-state index in [1.807, 2.05) is 0 Å². The molecule has 0 radical (unpaired) electrons. The van der Waals surface area contributed by atoms with Gasteiger partial charge in [-0.2, -0.15) is 0 Å². The Morgan fingerprint density at radius 3 is 1.88 bits per heavy atom. The van der Waals surface area contributed by atoms with E-state index in [9.17, 15) is 14.4 Å². The number of rotatable bonds is 7. The van der Waals surface area contributed by atoms with Crippen molar-refractivity contribution in [2.45, 2.75) is 27.7 Å². The van der Waals surface area contributed by atoms with Crippen LogP contribution in [0, 0.1) is 6.92 Å². The van der Waals surface area contributed by atoms with Gasteiger partial charge in [0.15, 0.2) is 0 Å². The SMILES string of the molecule is COCOc1c(C)ccc[c]1[Pb]([O]C(C)=O)([O]C(C)=O)[O]C(C)=O.